The van der Waals surface area contributed by atoms with Gasteiger partial charge in [-0.15, -0.1) is 0 Å². The molecule has 35 heavy (non-hydrogen) atoms. The van der Waals surface area contributed by atoms with Crippen LogP contribution in [0.2, 0.25) is 0 Å². The molecular weight excluding hydrogens is 432 g/mol. The van der Waals surface area contributed by atoms with E-state index in [1.165, 1.54) is 38.5 Å². The number of phenols is 3. The fraction of sp³-hybridized carbons (Fsp3) is 0.438. The van der Waals surface area contributed by atoms with Gasteiger partial charge in [0.2, 0.25) is 0 Å². The van der Waals surface area contributed by atoms with Gasteiger partial charge in [0.05, 0.1) is 0 Å². The quantitative estimate of drug-likeness (QED) is 0.357. The van der Waals surface area contributed by atoms with Gasteiger partial charge < -0.3 is 15.3 Å². The fourth-order valence-electron chi connectivity index (χ4n) is 6.47. The van der Waals surface area contributed by atoms with Gasteiger partial charge in [0.15, 0.2) is 0 Å². The van der Waals surface area contributed by atoms with Crippen molar-refractivity contribution in [3.8, 4) is 39.5 Å². The number of hydrogen-bond donors (Lipinski definition) is 3. The van der Waals surface area contributed by atoms with Crippen LogP contribution < -0.4 is 0 Å². The molecule has 0 radical (unpaired) electrons. The first kappa shape index (κ1) is 23.8. The van der Waals surface area contributed by atoms with Crippen molar-refractivity contribution >= 4 is 0 Å². The Morgan fingerprint density at radius 2 is 0.971 bits per heavy atom. The summed E-state index contributed by atoms with van der Waals surface area (Å²) in [5, 5.41) is 32.2. The van der Waals surface area contributed by atoms with Gasteiger partial charge in [0.1, 0.15) is 17.2 Å². The summed E-state index contributed by atoms with van der Waals surface area (Å²) >= 11 is 0. The number of aromatic hydroxyl groups is 3. The van der Waals surface area contributed by atoms with E-state index in [0.717, 1.165) is 70.2 Å². The predicted molar refractivity (Wildman–Crippen MR) is 143 cm³/mol. The van der Waals surface area contributed by atoms with E-state index >= 15 is 0 Å². The zero-order valence-electron chi connectivity index (χ0n) is 21.1. The second-order valence-corrected chi connectivity index (χ2v) is 10.9. The van der Waals surface area contributed by atoms with Crippen molar-refractivity contribution in [1.29, 1.82) is 0 Å². The van der Waals surface area contributed by atoms with Gasteiger partial charge in [-0.25, -0.2) is 0 Å². The van der Waals surface area contributed by atoms with Crippen LogP contribution in [0.3, 0.4) is 0 Å². The Morgan fingerprint density at radius 1 is 0.514 bits per heavy atom. The Balaban J connectivity index is 1.65. The third-order valence-corrected chi connectivity index (χ3v) is 8.42. The number of rotatable bonds is 4. The average Bonchev–Trinajstić information content (AvgIpc) is 2.86. The highest BCUT2D eigenvalue weighted by atomic mass is 16.3. The van der Waals surface area contributed by atoms with Crippen LogP contribution >= 0.6 is 0 Å². The summed E-state index contributed by atoms with van der Waals surface area (Å²) in [6.07, 6.45) is 11.9. The van der Waals surface area contributed by atoms with Crippen molar-refractivity contribution in [1.82, 2.24) is 0 Å². The van der Waals surface area contributed by atoms with Gasteiger partial charge in [-0.2, -0.15) is 0 Å². The van der Waals surface area contributed by atoms with Gasteiger partial charge in [-0.3, -0.25) is 0 Å². The molecule has 0 unspecified atom stereocenters. The molecule has 2 aliphatic carbocycles. The molecule has 5 rings (SSSR count). The molecule has 3 N–H and O–H groups in total. The lowest BCUT2D eigenvalue weighted by Gasteiger charge is -2.25. The Hall–Kier alpha value is -2.94. The van der Waals surface area contributed by atoms with Crippen LogP contribution in [0.15, 0.2) is 42.5 Å². The van der Waals surface area contributed by atoms with E-state index in [4.69, 9.17) is 0 Å². The fourth-order valence-corrected chi connectivity index (χ4v) is 6.47. The molecule has 3 aromatic carbocycles. The van der Waals surface area contributed by atoms with Crippen molar-refractivity contribution < 1.29 is 15.3 Å². The molecule has 2 fully saturated rings. The summed E-state index contributed by atoms with van der Waals surface area (Å²) in [7, 11) is 0. The molecule has 2 saturated carbocycles. The lowest BCUT2D eigenvalue weighted by Crippen LogP contribution is -2.06. The van der Waals surface area contributed by atoms with Crippen molar-refractivity contribution in [3.63, 3.8) is 0 Å². The highest BCUT2D eigenvalue weighted by Crippen LogP contribution is 2.46. The van der Waals surface area contributed by atoms with E-state index in [1.54, 1.807) is 6.07 Å². The molecule has 0 aromatic heterocycles. The van der Waals surface area contributed by atoms with E-state index in [1.807, 2.05) is 38.1 Å². The normalized spacial score (nSPS) is 17.5. The summed E-state index contributed by atoms with van der Waals surface area (Å²) < 4.78 is 0. The second kappa shape index (κ2) is 9.97. The predicted octanol–water partition coefficient (Wildman–Crippen LogP) is 8.85. The van der Waals surface area contributed by atoms with Crippen molar-refractivity contribution in [2.45, 2.75) is 89.9 Å². The number of hydrogen-bond acceptors (Lipinski definition) is 3. The number of phenolic OH excluding ortho intramolecular Hbond substituents is 3. The maximum absolute atomic E-state index is 10.8. The molecule has 3 aromatic rings. The maximum atomic E-state index is 10.8. The van der Waals surface area contributed by atoms with Gasteiger partial charge in [-0.1, -0.05) is 44.6 Å². The zero-order chi connectivity index (χ0) is 24.5. The first-order chi connectivity index (χ1) is 16.9. The minimum absolute atomic E-state index is 0.236. The Kier molecular flexibility index (Phi) is 6.77. The van der Waals surface area contributed by atoms with Crippen LogP contribution in [0, 0.1) is 13.8 Å². The molecule has 0 atom stereocenters. The zero-order valence-corrected chi connectivity index (χ0v) is 21.1. The molecule has 0 aliphatic heterocycles. The molecule has 2 aliphatic rings. The van der Waals surface area contributed by atoms with E-state index < -0.39 is 0 Å². The molecule has 0 spiro atoms. The summed E-state index contributed by atoms with van der Waals surface area (Å²) in [5.41, 5.74) is 8.30. The minimum atomic E-state index is 0.236. The SMILES string of the molecule is Cc1cc(O)c(C2CCCCC2)cc1-c1ccc(O)cc1-c1cc(C2CCCCC2)c(O)cc1C. The molecule has 0 saturated heterocycles. The minimum Gasteiger partial charge on any atom is -0.508 e. The number of aryl methyl sites for hydroxylation is 2. The summed E-state index contributed by atoms with van der Waals surface area (Å²) in [4.78, 5) is 0. The van der Waals surface area contributed by atoms with Crippen molar-refractivity contribution in [2.75, 3.05) is 0 Å². The molecule has 0 amide bonds. The highest BCUT2D eigenvalue weighted by Gasteiger charge is 2.24. The van der Waals surface area contributed by atoms with Crippen molar-refractivity contribution in [2.24, 2.45) is 0 Å². The maximum Gasteiger partial charge on any atom is 0.119 e. The first-order valence-electron chi connectivity index (χ1n) is 13.4. The van der Waals surface area contributed by atoms with Gasteiger partial charge in [-0.05, 0) is 132 Å². The van der Waals surface area contributed by atoms with Crippen LogP contribution in [0.25, 0.3) is 22.3 Å². The molecule has 0 heterocycles. The summed E-state index contributed by atoms with van der Waals surface area (Å²) in [6.45, 7) is 4.08. The largest absolute Gasteiger partial charge is 0.508 e. The average molecular weight is 471 g/mol. The molecule has 184 valence electrons. The number of benzene rings is 3. The smallest absolute Gasteiger partial charge is 0.119 e. The van der Waals surface area contributed by atoms with Crippen LogP contribution in [0.4, 0.5) is 0 Å². The van der Waals surface area contributed by atoms with E-state index in [-0.39, 0.29) is 5.75 Å². The Morgan fingerprint density at radius 3 is 1.46 bits per heavy atom. The van der Waals surface area contributed by atoms with Gasteiger partial charge >= 0.3 is 0 Å². The van der Waals surface area contributed by atoms with Crippen LogP contribution in [0.5, 0.6) is 17.2 Å². The molecule has 0 bridgehead atoms. The van der Waals surface area contributed by atoms with E-state index in [9.17, 15) is 15.3 Å². The Labute approximate surface area is 209 Å². The van der Waals surface area contributed by atoms with E-state index in [2.05, 4.69) is 12.1 Å². The van der Waals surface area contributed by atoms with Crippen LogP contribution in [-0.2, 0) is 0 Å². The lowest BCUT2D eigenvalue weighted by molar-refractivity contribution is 0.414. The molecular formula is C32H38O3. The summed E-state index contributed by atoms with van der Waals surface area (Å²) in [5.74, 6) is 1.81. The van der Waals surface area contributed by atoms with Gasteiger partial charge in [0.25, 0.3) is 0 Å². The topological polar surface area (TPSA) is 60.7 Å². The van der Waals surface area contributed by atoms with Crippen LogP contribution in [0.1, 0.15) is 98.3 Å². The first-order valence-corrected chi connectivity index (χ1v) is 13.4. The van der Waals surface area contributed by atoms with E-state index in [0.29, 0.717) is 23.3 Å². The lowest BCUT2D eigenvalue weighted by atomic mass is 9.80. The molecule has 3 nitrogen and oxygen atoms in total. The van der Waals surface area contributed by atoms with Crippen LogP contribution in [-0.4, -0.2) is 15.3 Å². The highest BCUT2D eigenvalue weighted by molar-refractivity contribution is 5.88. The third-order valence-electron chi connectivity index (χ3n) is 8.42. The van der Waals surface area contributed by atoms with Gasteiger partial charge in [0, 0.05) is 0 Å². The summed E-state index contributed by atoms with van der Waals surface area (Å²) in [6, 6.07) is 13.8. The standard InChI is InChI=1S/C32H38O3/c1-20-15-31(34)28(22-9-5-3-6-10-22)18-26(20)25-14-13-24(33)17-30(25)27-19-29(32(35)16-21(27)2)23-11-7-4-8-12-23/h13-19,22-23,33-35H,3-12H2,1-2H3. The Bertz CT molecular complexity index is 1210. The molecule has 3 heteroatoms. The monoisotopic (exact) mass is 470 g/mol. The third kappa shape index (κ3) is 4.78. The van der Waals surface area contributed by atoms with Crippen molar-refractivity contribution in [3.05, 3.63) is 64.7 Å². The second-order valence-electron chi connectivity index (χ2n) is 10.9.